The Hall–Kier alpha value is -2.03. The molecule has 2 bridgehead atoms. The quantitative estimate of drug-likeness (QED) is 0.545. The van der Waals surface area contributed by atoms with Crippen LogP contribution in [0.15, 0.2) is 10.4 Å². The molecule has 0 aromatic carbocycles. The molecule has 0 spiro atoms. The molecular formula is C21H36N6O2S. The van der Waals surface area contributed by atoms with E-state index in [1.54, 1.807) is 11.3 Å². The standard InChI is InChI=1S/C21H36N6O2S/c1-7-22-18(23-12-15-13-30-19(25-15)26(5)6)24-14-10-16-8-9-17(11-14)27(16)20(28)29-21(2,3)4/h13-14,16-17H,7-12H2,1-6H3,(H2,22,23,24). The summed E-state index contributed by atoms with van der Waals surface area (Å²) in [5.74, 6) is 0.812. The summed E-state index contributed by atoms with van der Waals surface area (Å²) in [5, 5.41) is 9.98. The zero-order valence-corrected chi connectivity index (χ0v) is 19.9. The highest BCUT2D eigenvalue weighted by Crippen LogP contribution is 2.36. The first kappa shape index (κ1) is 22.7. The number of piperidine rings is 1. The first-order chi connectivity index (χ1) is 14.2. The van der Waals surface area contributed by atoms with E-state index in [4.69, 9.17) is 9.73 Å². The van der Waals surface area contributed by atoms with Crippen molar-refractivity contribution in [2.45, 2.75) is 83.6 Å². The molecule has 9 heteroatoms. The van der Waals surface area contributed by atoms with Crippen LogP contribution in [0.2, 0.25) is 0 Å². The molecule has 2 unspecified atom stereocenters. The topological polar surface area (TPSA) is 82.1 Å². The molecule has 2 atom stereocenters. The van der Waals surface area contributed by atoms with Crippen molar-refractivity contribution in [2.75, 3.05) is 25.5 Å². The van der Waals surface area contributed by atoms with E-state index in [1.807, 2.05) is 44.7 Å². The van der Waals surface area contributed by atoms with E-state index >= 15 is 0 Å². The number of thiazole rings is 1. The molecule has 1 amide bonds. The maximum Gasteiger partial charge on any atom is 0.410 e. The molecule has 1 aromatic heterocycles. The fourth-order valence-corrected chi connectivity index (χ4v) is 4.90. The van der Waals surface area contributed by atoms with Gasteiger partial charge in [0.05, 0.1) is 12.2 Å². The fraction of sp³-hybridized carbons (Fsp3) is 0.762. The molecule has 3 rings (SSSR count). The number of guanidine groups is 1. The Morgan fingerprint density at radius 3 is 2.53 bits per heavy atom. The van der Waals surface area contributed by atoms with Crippen molar-refractivity contribution in [1.29, 1.82) is 0 Å². The van der Waals surface area contributed by atoms with Crippen LogP contribution >= 0.6 is 11.3 Å². The van der Waals surface area contributed by atoms with Crippen molar-refractivity contribution in [3.05, 3.63) is 11.1 Å². The van der Waals surface area contributed by atoms with E-state index < -0.39 is 5.60 Å². The van der Waals surface area contributed by atoms with Gasteiger partial charge in [0.1, 0.15) is 5.60 Å². The Morgan fingerprint density at radius 1 is 1.33 bits per heavy atom. The minimum absolute atomic E-state index is 0.172. The molecule has 0 aliphatic carbocycles. The van der Waals surface area contributed by atoms with Gasteiger partial charge in [0.25, 0.3) is 0 Å². The van der Waals surface area contributed by atoms with E-state index in [9.17, 15) is 4.79 Å². The van der Waals surface area contributed by atoms with Gasteiger partial charge in [-0.1, -0.05) is 0 Å². The normalized spacial score (nSPS) is 24.0. The molecule has 8 nitrogen and oxygen atoms in total. The second-order valence-corrected chi connectivity index (χ2v) is 10.1. The fourth-order valence-electron chi connectivity index (χ4n) is 4.16. The van der Waals surface area contributed by atoms with Crippen molar-refractivity contribution in [1.82, 2.24) is 20.5 Å². The summed E-state index contributed by atoms with van der Waals surface area (Å²) >= 11 is 1.63. The van der Waals surface area contributed by atoms with Gasteiger partial charge in [0.2, 0.25) is 0 Å². The van der Waals surface area contributed by atoms with Crippen molar-refractivity contribution < 1.29 is 9.53 Å². The molecule has 30 heavy (non-hydrogen) atoms. The third kappa shape index (κ3) is 5.77. The number of nitrogens with one attached hydrogen (secondary N) is 2. The average Bonchev–Trinajstić information content (AvgIpc) is 3.22. The molecule has 168 valence electrons. The van der Waals surface area contributed by atoms with Crippen LogP contribution in [0.4, 0.5) is 9.93 Å². The maximum absolute atomic E-state index is 12.7. The van der Waals surface area contributed by atoms with Gasteiger partial charge in [0, 0.05) is 44.1 Å². The van der Waals surface area contributed by atoms with Crippen LogP contribution in [0.25, 0.3) is 0 Å². The maximum atomic E-state index is 12.7. The molecule has 2 aliphatic heterocycles. The molecule has 2 N–H and O–H groups in total. The average molecular weight is 437 g/mol. The van der Waals surface area contributed by atoms with Crippen LogP contribution in [-0.4, -0.2) is 66.3 Å². The highest BCUT2D eigenvalue weighted by atomic mass is 32.1. The second-order valence-electron chi connectivity index (χ2n) is 9.30. The summed E-state index contributed by atoms with van der Waals surface area (Å²) in [6, 6.07) is 0.770. The number of amides is 1. The minimum atomic E-state index is -0.460. The molecule has 2 aliphatic rings. The van der Waals surface area contributed by atoms with E-state index in [-0.39, 0.29) is 18.2 Å². The predicted molar refractivity (Wildman–Crippen MR) is 122 cm³/mol. The van der Waals surface area contributed by atoms with Gasteiger partial charge in [-0.15, -0.1) is 11.3 Å². The van der Waals surface area contributed by atoms with E-state index in [2.05, 4.69) is 27.9 Å². The van der Waals surface area contributed by atoms with Gasteiger partial charge in [-0.05, 0) is 53.4 Å². The third-order valence-electron chi connectivity index (χ3n) is 5.34. The molecular weight excluding hydrogens is 400 g/mol. The minimum Gasteiger partial charge on any atom is -0.444 e. The number of carbonyl (C=O) groups excluding carboxylic acids is 1. The zero-order chi connectivity index (χ0) is 21.9. The highest BCUT2D eigenvalue weighted by molar-refractivity contribution is 7.13. The number of ether oxygens (including phenoxy) is 1. The van der Waals surface area contributed by atoms with Gasteiger partial charge >= 0.3 is 6.09 Å². The van der Waals surface area contributed by atoms with Crippen LogP contribution < -0.4 is 15.5 Å². The number of aromatic nitrogens is 1. The van der Waals surface area contributed by atoms with Gasteiger partial charge in [-0.2, -0.15) is 0 Å². The number of carbonyl (C=O) groups is 1. The van der Waals surface area contributed by atoms with Crippen molar-refractivity contribution in [2.24, 2.45) is 4.99 Å². The number of hydrogen-bond acceptors (Lipinski definition) is 6. The van der Waals surface area contributed by atoms with Crippen LogP contribution in [0.1, 0.15) is 59.1 Å². The first-order valence-electron chi connectivity index (χ1n) is 10.8. The SMILES string of the molecule is CCNC(=NCc1csc(N(C)C)n1)NC1CC2CCC(C1)N2C(=O)OC(C)(C)C. The van der Waals surface area contributed by atoms with E-state index in [0.717, 1.165) is 49.0 Å². The van der Waals surface area contributed by atoms with Crippen LogP contribution in [0.5, 0.6) is 0 Å². The Morgan fingerprint density at radius 2 is 2.00 bits per heavy atom. The van der Waals surface area contributed by atoms with Crippen molar-refractivity contribution >= 4 is 28.5 Å². The molecule has 2 fully saturated rings. The summed E-state index contributed by atoms with van der Waals surface area (Å²) in [5.41, 5.74) is 0.513. The number of hydrogen-bond donors (Lipinski definition) is 2. The summed E-state index contributed by atoms with van der Waals surface area (Å²) < 4.78 is 5.64. The van der Waals surface area contributed by atoms with Gasteiger partial charge in [-0.25, -0.2) is 14.8 Å². The molecule has 2 saturated heterocycles. The number of nitrogens with zero attached hydrogens (tertiary/aromatic N) is 4. The Bertz CT molecular complexity index is 743. The molecule has 0 saturated carbocycles. The number of rotatable bonds is 5. The lowest BCUT2D eigenvalue weighted by molar-refractivity contribution is 0.00545. The highest BCUT2D eigenvalue weighted by Gasteiger charge is 2.45. The van der Waals surface area contributed by atoms with Crippen molar-refractivity contribution in [3.8, 4) is 0 Å². The first-order valence-corrected chi connectivity index (χ1v) is 11.7. The van der Waals surface area contributed by atoms with Gasteiger partial charge < -0.3 is 25.2 Å². The Labute approximate surface area is 184 Å². The Balaban J connectivity index is 1.60. The second kappa shape index (κ2) is 9.41. The van der Waals surface area contributed by atoms with Crippen LogP contribution in [0, 0.1) is 0 Å². The van der Waals surface area contributed by atoms with Gasteiger partial charge in [-0.3, -0.25) is 0 Å². The molecule has 3 heterocycles. The van der Waals surface area contributed by atoms with Crippen LogP contribution in [0.3, 0.4) is 0 Å². The lowest BCUT2D eigenvalue weighted by Crippen LogP contribution is -2.55. The molecule has 0 radical (unpaired) electrons. The number of fused-ring (bicyclic) bond motifs is 2. The van der Waals surface area contributed by atoms with Crippen LogP contribution in [-0.2, 0) is 11.3 Å². The van der Waals surface area contributed by atoms with Gasteiger partial charge in [0.15, 0.2) is 11.1 Å². The monoisotopic (exact) mass is 436 g/mol. The van der Waals surface area contributed by atoms with E-state index in [0.29, 0.717) is 12.6 Å². The lowest BCUT2D eigenvalue weighted by atomic mass is 9.98. The summed E-state index contributed by atoms with van der Waals surface area (Å²) in [6.45, 7) is 9.18. The third-order valence-corrected chi connectivity index (χ3v) is 6.40. The number of aliphatic imine (C=N–C) groups is 1. The predicted octanol–water partition coefficient (Wildman–Crippen LogP) is 3.19. The lowest BCUT2D eigenvalue weighted by Gasteiger charge is -2.40. The van der Waals surface area contributed by atoms with Crippen molar-refractivity contribution in [3.63, 3.8) is 0 Å². The summed E-state index contributed by atoms with van der Waals surface area (Å²) in [6.07, 6.45) is 3.75. The summed E-state index contributed by atoms with van der Waals surface area (Å²) in [4.78, 5) is 26.0. The van der Waals surface area contributed by atoms with E-state index in [1.165, 1.54) is 0 Å². The smallest absolute Gasteiger partial charge is 0.410 e. The number of anilines is 1. The summed E-state index contributed by atoms with van der Waals surface area (Å²) in [7, 11) is 3.99. The zero-order valence-electron chi connectivity index (χ0n) is 19.1. The molecule has 1 aromatic rings. The Kier molecular flexibility index (Phi) is 7.10. The largest absolute Gasteiger partial charge is 0.444 e.